The number of benzene rings is 1. The first-order valence-electron chi connectivity index (χ1n) is 9.14. The molecule has 0 bridgehead atoms. The number of alkyl halides is 3. The first-order valence-corrected chi connectivity index (χ1v) is 9.14. The molecule has 2 N–H and O–H groups in total. The van der Waals surface area contributed by atoms with Gasteiger partial charge in [0.1, 0.15) is 5.75 Å². The summed E-state index contributed by atoms with van der Waals surface area (Å²) in [7, 11) is 0. The molecule has 26 heavy (non-hydrogen) atoms. The normalized spacial score (nSPS) is 25.6. The molecule has 4 nitrogen and oxygen atoms in total. The summed E-state index contributed by atoms with van der Waals surface area (Å²) >= 11 is 0. The number of amides is 1. The lowest BCUT2D eigenvalue weighted by molar-refractivity contribution is -0.153. The fraction of sp³-hybridized carbons (Fsp3) is 0.632. The third-order valence-corrected chi connectivity index (χ3v) is 5.25. The van der Waals surface area contributed by atoms with Gasteiger partial charge in [-0.3, -0.25) is 4.79 Å². The molecule has 1 aliphatic carbocycles. The molecule has 3 rings (SSSR count). The van der Waals surface area contributed by atoms with E-state index in [2.05, 4.69) is 10.6 Å². The monoisotopic (exact) mass is 370 g/mol. The van der Waals surface area contributed by atoms with Crippen molar-refractivity contribution in [3.8, 4) is 5.75 Å². The van der Waals surface area contributed by atoms with Crippen LogP contribution in [-0.4, -0.2) is 30.8 Å². The number of aryl methyl sites for hydroxylation is 1. The van der Waals surface area contributed by atoms with Crippen LogP contribution in [0.5, 0.6) is 5.75 Å². The van der Waals surface area contributed by atoms with Crippen LogP contribution in [-0.2, 0) is 11.3 Å². The van der Waals surface area contributed by atoms with E-state index in [0.717, 1.165) is 24.8 Å². The minimum atomic E-state index is -4.39. The van der Waals surface area contributed by atoms with Gasteiger partial charge >= 0.3 is 6.18 Å². The summed E-state index contributed by atoms with van der Waals surface area (Å²) in [6.07, 6.45) is 1.14. The average Bonchev–Trinajstić information content (AvgIpc) is 3.02. The van der Waals surface area contributed by atoms with Gasteiger partial charge in [0.15, 0.2) is 6.61 Å². The summed E-state index contributed by atoms with van der Waals surface area (Å²) < 4.78 is 42.2. The summed E-state index contributed by atoms with van der Waals surface area (Å²) in [6.45, 7) is 0.595. The van der Waals surface area contributed by atoms with Crippen LogP contribution in [0.15, 0.2) is 18.2 Å². The molecule has 1 aromatic carbocycles. The lowest BCUT2D eigenvalue weighted by Crippen LogP contribution is -2.42. The first kappa shape index (κ1) is 19.0. The minimum Gasteiger partial charge on any atom is -0.484 e. The number of halogens is 3. The van der Waals surface area contributed by atoms with Crippen molar-refractivity contribution >= 4 is 5.91 Å². The molecule has 3 atom stereocenters. The van der Waals surface area contributed by atoms with Crippen molar-refractivity contribution in [3.63, 3.8) is 0 Å². The third kappa shape index (κ3) is 4.90. The number of ether oxygens (including phenoxy) is 1. The molecule has 2 aliphatic rings. The summed E-state index contributed by atoms with van der Waals surface area (Å²) in [6, 6.07) is 5.26. The van der Waals surface area contributed by atoms with Crippen molar-refractivity contribution in [3.05, 3.63) is 29.3 Å². The van der Waals surface area contributed by atoms with Gasteiger partial charge in [-0.05, 0) is 43.7 Å². The summed E-state index contributed by atoms with van der Waals surface area (Å²) in [4.78, 5) is 12.5. The van der Waals surface area contributed by atoms with Gasteiger partial charge in [0.05, 0.1) is 6.04 Å². The molecule has 1 heterocycles. The highest BCUT2D eigenvalue weighted by Crippen LogP contribution is 2.33. The van der Waals surface area contributed by atoms with Crippen LogP contribution >= 0.6 is 0 Å². The molecule has 2 fully saturated rings. The smallest absolute Gasteiger partial charge is 0.422 e. The van der Waals surface area contributed by atoms with E-state index < -0.39 is 12.8 Å². The molecule has 1 aliphatic heterocycles. The molecule has 1 saturated carbocycles. The van der Waals surface area contributed by atoms with E-state index in [4.69, 9.17) is 4.74 Å². The number of rotatable bonds is 5. The van der Waals surface area contributed by atoms with Crippen molar-refractivity contribution < 1.29 is 22.7 Å². The summed E-state index contributed by atoms with van der Waals surface area (Å²) in [5.41, 5.74) is 1.35. The average molecular weight is 370 g/mol. The molecule has 144 valence electrons. The zero-order chi connectivity index (χ0) is 18.7. The quantitative estimate of drug-likeness (QED) is 0.834. The lowest BCUT2D eigenvalue weighted by atomic mass is 9.85. The van der Waals surface area contributed by atoms with E-state index in [9.17, 15) is 18.0 Å². The third-order valence-electron chi connectivity index (χ3n) is 5.25. The number of fused-ring (bicyclic) bond motifs is 1. The SMILES string of the molecule is Cc1ccc(CNC(=O)C2CC3CCCCC3N2)c(OCC(F)(F)F)c1. The number of carbonyl (C=O) groups is 1. The fourth-order valence-corrected chi connectivity index (χ4v) is 3.93. The first-order chi connectivity index (χ1) is 12.3. The Labute approximate surface area is 151 Å². The zero-order valence-electron chi connectivity index (χ0n) is 14.9. The van der Waals surface area contributed by atoms with Crippen LogP contribution in [0.1, 0.15) is 43.2 Å². The molecule has 0 radical (unpaired) electrons. The number of hydrogen-bond donors (Lipinski definition) is 2. The second-order valence-electron chi connectivity index (χ2n) is 7.34. The molecular formula is C19H25F3N2O2. The second-order valence-corrected chi connectivity index (χ2v) is 7.34. The van der Waals surface area contributed by atoms with Crippen LogP contribution in [0.4, 0.5) is 13.2 Å². The van der Waals surface area contributed by atoms with Crippen molar-refractivity contribution in [1.29, 1.82) is 0 Å². The van der Waals surface area contributed by atoms with Crippen molar-refractivity contribution in [2.75, 3.05) is 6.61 Å². The van der Waals surface area contributed by atoms with Gasteiger partial charge in [-0.25, -0.2) is 0 Å². The van der Waals surface area contributed by atoms with Crippen molar-refractivity contribution in [2.45, 2.75) is 63.8 Å². The molecule has 1 aromatic rings. The fourth-order valence-electron chi connectivity index (χ4n) is 3.93. The predicted molar refractivity (Wildman–Crippen MR) is 91.9 cm³/mol. The lowest BCUT2D eigenvalue weighted by Gasteiger charge is -2.24. The Hall–Kier alpha value is -1.76. The number of nitrogens with one attached hydrogen (secondary N) is 2. The minimum absolute atomic E-state index is 0.0956. The van der Waals surface area contributed by atoms with Crippen LogP contribution < -0.4 is 15.4 Å². The van der Waals surface area contributed by atoms with E-state index in [1.54, 1.807) is 25.1 Å². The van der Waals surface area contributed by atoms with Crippen LogP contribution in [0, 0.1) is 12.8 Å². The van der Waals surface area contributed by atoms with Gasteiger partial charge in [-0.1, -0.05) is 25.0 Å². The van der Waals surface area contributed by atoms with Crippen LogP contribution in [0.3, 0.4) is 0 Å². The molecular weight excluding hydrogens is 345 g/mol. The molecule has 1 saturated heterocycles. The van der Waals surface area contributed by atoms with Crippen molar-refractivity contribution in [1.82, 2.24) is 10.6 Å². The maximum absolute atomic E-state index is 12.5. The molecule has 1 amide bonds. The highest BCUT2D eigenvalue weighted by molar-refractivity contribution is 5.82. The van der Waals surface area contributed by atoms with Crippen LogP contribution in [0.2, 0.25) is 0 Å². The maximum atomic E-state index is 12.5. The Morgan fingerprint density at radius 3 is 2.81 bits per heavy atom. The Morgan fingerprint density at radius 2 is 2.08 bits per heavy atom. The Kier molecular flexibility index (Phi) is 5.75. The standard InChI is InChI=1S/C19H25F3N2O2/c1-12-6-7-14(17(8-12)26-11-19(20,21)22)10-23-18(25)16-9-13-4-2-3-5-15(13)24-16/h6-8,13,15-16,24H,2-5,9-11H2,1H3,(H,23,25). The second kappa shape index (κ2) is 7.86. The maximum Gasteiger partial charge on any atom is 0.422 e. The highest BCUT2D eigenvalue weighted by atomic mass is 19.4. The molecule has 0 spiro atoms. The highest BCUT2D eigenvalue weighted by Gasteiger charge is 2.38. The molecule has 3 unspecified atom stereocenters. The van der Waals surface area contributed by atoms with Gasteiger partial charge in [-0.15, -0.1) is 0 Å². The van der Waals surface area contributed by atoms with Gasteiger partial charge in [0.2, 0.25) is 5.91 Å². The summed E-state index contributed by atoms with van der Waals surface area (Å²) in [5.74, 6) is 0.627. The summed E-state index contributed by atoms with van der Waals surface area (Å²) in [5, 5.41) is 6.25. The number of hydrogen-bond acceptors (Lipinski definition) is 3. The Morgan fingerprint density at radius 1 is 1.31 bits per heavy atom. The van der Waals surface area contributed by atoms with Crippen molar-refractivity contribution in [2.24, 2.45) is 5.92 Å². The van der Waals surface area contributed by atoms with E-state index in [0.29, 0.717) is 17.5 Å². The topological polar surface area (TPSA) is 50.4 Å². The van der Waals surface area contributed by atoms with Gasteiger partial charge in [0.25, 0.3) is 0 Å². The predicted octanol–water partition coefficient (Wildman–Crippen LogP) is 3.47. The van der Waals surface area contributed by atoms with E-state index in [-0.39, 0.29) is 24.2 Å². The number of carbonyl (C=O) groups excluding carboxylic acids is 1. The van der Waals surface area contributed by atoms with Gasteiger partial charge in [-0.2, -0.15) is 13.2 Å². The molecule has 7 heteroatoms. The van der Waals surface area contributed by atoms with E-state index in [1.807, 2.05) is 0 Å². The zero-order valence-corrected chi connectivity index (χ0v) is 14.9. The van der Waals surface area contributed by atoms with Gasteiger partial charge < -0.3 is 15.4 Å². The van der Waals surface area contributed by atoms with E-state index in [1.165, 1.54) is 12.8 Å². The van der Waals surface area contributed by atoms with Crippen LogP contribution in [0.25, 0.3) is 0 Å². The van der Waals surface area contributed by atoms with E-state index >= 15 is 0 Å². The largest absolute Gasteiger partial charge is 0.484 e. The Bertz CT molecular complexity index is 634. The Balaban J connectivity index is 1.58. The molecule has 0 aromatic heterocycles. The van der Waals surface area contributed by atoms with Gasteiger partial charge in [0, 0.05) is 18.2 Å².